The van der Waals surface area contributed by atoms with Gasteiger partial charge >= 0.3 is 0 Å². The number of hydrogen-bond donors (Lipinski definition) is 1. The molecule has 7 heteroatoms. The Kier molecular flexibility index (Phi) is 8.18. The van der Waals surface area contributed by atoms with E-state index in [0.29, 0.717) is 12.5 Å². The van der Waals surface area contributed by atoms with Crippen molar-refractivity contribution in [3.05, 3.63) is 59.9 Å². The zero-order valence-corrected chi connectivity index (χ0v) is 20.3. The quantitative estimate of drug-likeness (QED) is 0.275. The number of anilines is 1. The number of hydrogen-bond acceptors (Lipinski definition) is 3. The van der Waals surface area contributed by atoms with Gasteiger partial charge in [-0.3, -0.25) is 4.68 Å². The van der Waals surface area contributed by atoms with Crippen molar-refractivity contribution in [2.45, 2.75) is 26.3 Å². The lowest BCUT2D eigenvalue weighted by Crippen LogP contribution is -2.40. The molecule has 0 spiro atoms. The van der Waals surface area contributed by atoms with Gasteiger partial charge in [0, 0.05) is 51.7 Å². The third-order valence-corrected chi connectivity index (χ3v) is 5.73. The van der Waals surface area contributed by atoms with Gasteiger partial charge in [-0.1, -0.05) is 24.3 Å². The molecule has 2 aliphatic heterocycles. The van der Waals surface area contributed by atoms with Gasteiger partial charge in [-0.05, 0) is 48.9 Å². The first-order chi connectivity index (χ1) is 14.2. The molecule has 1 unspecified atom stereocenters. The molecule has 162 valence electrons. The molecule has 30 heavy (non-hydrogen) atoms. The molecular formula is C23H33IN6. The Bertz CT molecular complexity index is 849. The fourth-order valence-corrected chi connectivity index (χ4v) is 4.20. The lowest BCUT2D eigenvalue weighted by Gasteiger charge is -2.22. The van der Waals surface area contributed by atoms with E-state index in [1.54, 1.807) is 0 Å². The number of halogens is 1. The van der Waals surface area contributed by atoms with Gasteiger partial charge in [-0.25, -0.2) is 4.99 Å². The van der Waals surface area contributed by atoms with Crippen LogP contribution < -0.4 is 10.2 Å². The molecule has 1 saturated heterocycles. The van der Waals surface area contributed by atoms with E-state index in [-0.39, 0.29) is 24.0 Å². The third-order valence-electron chi connectivity index (χ3n) is 5.73. The highest BCUT2D eigenvalue weighted by atomic mass is 127. The molecule has 1 fully saturated rings. The van der Waals surface area contributed by atoms with Gasteiger partial charge in [0.25, 0.3) is 0 Å². The minimum absolute atomic E-state index is 0. The number of rotatable bonds is 6. The lowest BCUT2D eigenvalue weighted by molar-refractivity contribution is 0.460. The highest BCUT2D eigenvalue weighted by molar-refractivity contribution is 14.0. The van der Waals surface area contributed by atoms with Crippen LogP contribution in [0.3, 0.4) is 0 Å². The number of nitrogens with zero attached hydrogens (tertiary/aromatic N) is 5. The number of aryl methyl sites for hydroxylation is 1. The van der Waals surface area contributed by atoms with Gasteiger partial charge in [0.2, 0.25) is 0 Å². The predicted molar refractivity (Wildman–Crippen MR) is 135 cm³/mol. The Balaban J connectivity index is 0.00000256. The van der Waals surface area contributed by atoms with E-state index in [1.807, 2.05) is 17.9 Å². The van der Waals surface area contributed by atoms with E-state index in [4.69, 9.17) is 4.99 Å². The number of aliphatic imine (C=N–C) groups is 1. The SMILES string of the molecule is CCNC(=NCc1ccc(N2CC=CC2)cc1)N1CCC(Cc2cnn(C)c2)C1.I. The van der Waals surface area contributed by atoms with E-state index < -0.39 is 0 Å². The molecular weight excluding hydrogens is 487 g/mol. The van der Waals surface area contributed by atoms with Crippen LogP contribution in [-0.4, -0.2) is 53.4 Å². The van der Waals surface area contributed by atoms with Gasteiger partial charge in [0.15, 0.2) is 5.96 Å². The van der Waals surface area contributed by atoms with E-state index in [1.165, 1.54) is 23.2 Å². The average Bonchev–Trinajstić information content (AvgIpc) is 3.49. The highest BCUT2D eigenvalue weighted by Crippen LogP contribution is 2.21. The zero-order chi connectivity index (χ0) is 20.1. The van der Waals surface area contributed by atoms with Crippen molar-refractivity contribution in [2.24, 2.45) is 18.0 Å². The van der Waals surface area contributed by atoms with Crippen molar-refractivity contribution in [3.63, 3.8) is 0 Å². The maximum Gasteiger partial charge on any atom is 0.194 e. The highest BCUT2D eigenvalue weighted by Gasteiger charge is 2.25. The first-order valence-electron chi connectivity index (χ1n) is 10.7. The second-order valence-electron chi connectivity index (χ2n) is 8.04. The van der Waals surface area contributed by atoms with Crippen LogP contribution in [-0.2, 0) is 20.0 Å². The van der Waals surface area contributed by atoms with Crippen LogP contribution in [0.5, 0.6) is 0 Å². The summed E-state index contributed by atoms with van der Waals surface area (Å²) in [5, 5.41) is 7.78. The number of nitrogens with one attached hydrogen (secondary N) is 1. The second-order valence-corrected chi connectivity index (χ2v) is 8.04. The maximum absolute atomic E-state index is 4.93. The molecule has 1 aromatic carbocycles. The lowest BCUT2D eigenvalue weighted by atomic mass is 10.0. The Morgan fingerprint density at radius 2 is 1.93 bits per heavy atom. The van der Waals surface area contributed by atoms with Gasteiger partial charge in [-0.15, -0.1) is 24.0 Å². The fourth-order valence-electron chi connectivity index (χ4n) is 4.20. The molecule has 3 heterocycles. The van der Waals surface area contributed by atoms with Crippen molar-refractivity contribution in [2.75, 3.05) is 37.6 Å². The minimum Gasteiger partial charge on any atom is -0.364 e. The average molecular weight is 520 g/mol. The van der Waals surface area contributed by atoms with Crippen molar-refractivity contribution < 1.29 is 0 Å². The summed E-state index contributed by atoms with van der Waals surface area (Å²) >= 11 is 0. The number of guanidine groups is 1. The first-order valence-corrected chi connectivity index (χ1v) is 10.7. The molecule has 0 saturated carbocycles. The molecule has 2 aromatic rings. The molecule has 4 rings (SSSR count). The predicted octanol–water partition coefficient (Wildman–Crippen LogP) is 3.44. The first kappa shape index (κ1) is 22.7. The Labute approximate surface area is 197 Å². The van der Waals surface area contributed by atoms with Gasteiger partial charge in [0.1, 0.15) is 0 Å². The minimum atomic E-state index is 0. The topological polar surface area (TPSA) is 48.7 Å². The molecule has 1 N–H and O–H groups in total. The van der Waals surface area contributed by atoms with E-state index in [2.05, 4.69) is 69.8 Å². The summed E-state index contributed by atoms with van der Waals surface area (Å²) in [5.41, 5.74) is 3.87. The molecule has 0 bridgehead atoms. The van der Waals surface area contributed by atoms with Crippen LogP contribution in [0, 0.1) is 5.92 Å². The Hall–Kier alpha value is -2.03. The third kappa shape index (κ3) is 5.77. The van der Waals surface area contributed by atoms with Gasteiger partial charge < -0.3 is 15.1 Å². The fraction of sp³-hybridized carbons (Fsp3) is 0.478. The molecule has 0 aliphatic carbocycles. The van der Waals surface area contributed by atoms with Crippen LogP contribution in [0.25, 0.3) is 0 Å². The van der Waals surface area contributed by atoms with Gasteiger partial charge in [0.05, 0.1) is 12.7 Å². The van der Waals surface area contributed by atoms with Crippen molar-refractivity contribution in [1.29, 1.82) is 0 Å². The molecule has 1 atom stereocenters. The normalized spacial score (nSPS) is 18.7. The van der Waals surface area contributed by atoms with Crippen LogP contribution >= 0.6 is 24.0 Å². The number of likely N-dealkylation sites (tertiary alicyclic amines) is 1. The van der Waals surface area contributed by atoms with Crippen LogP contribution in [0.4, 0.5) is 5.69 Å². The summed E-state index contributed by atoms with van der Waals surface area (Å²) in [4.78, 5) is 9.70. The van der Waals surface area contributed by atoms with Crippen molar-refractivity contribution in [3.8, 4) is 0 Å². The summed E-state index contributed by atoms with van der Waals surface area (Å²) in [5.74, 6) is 1.70. The number of benzene rings is 1. The van der Waals surface area contributed by atoms with Gasteiger partial charge in [-0.2, -0.15) is 5.10 Å². The number of aromatic nitrogens is 2. The Morgan fingerprint density at radius 1 is 1.17 bits per heavy atom. The largest absolute Gasteiger partial charge is 0.364 e. The van der Waals surface area contributed by atoms with Crippen molar-refractivity contribution in [1.82, 2.24) is 20.0 Å². The van der Waals surface area contributed by atoms with E-state index in [9.17, 15) is 0 Å². The smallest absolute Gasteiger partial charge is 0.194 e. The molecule has 0 amide bonds. The Morgan fingerprint density at radius 3 is 2.60 bits per heavy atom. The zero-order valence-electron chi connectivity index (χ0n) is 18.0. The summed E-state index contributed by atoms with van der Waals surface area (Å²) in [7, 11) is 1.98. The van der Waals surface area contributed by atoms with Crippen LogP contribution in [0.1, 0.15) is 24.5 Å². The van der Waals surface area contributed by atoms with Crippen molar-refractivity contribution >= 4 is 35.6 Å². The molecule has 6 nitrogen and oxygen atoms in total. The standard InChI is InChI=1S/C23H32N6.HI/c1-3-24-23(29-13-10-20(18-29)14-21-16-26-27(2)17-21)25-15-19-6-8-22(9-7-19)28-11-4-5-12-28;/h4-9,16-17,20H,3,10-15,18H2,1-2H3,(H,24,25);1H. The monoisotopic (exact) mass is 520 g/mol. The summed E-state index contributed by atoms with van der Waals surface area (Å²) in [6.07, 6.45) is 10.9. The molecule has 1 aromatic heterocycles. The van der Waals surface area contributed by atoms with Crippen LogP contribution in [0.15, 0.2) is 53.8 Å². The van der Waals surface area contributed by atoms with Crippen LogP contribution in [0.2, 0.25) is 0 Å². The summed E-state index contributed by atoms with van der Waals surface area (Å²) in [6.45, 7) is 7.89. The molecule has 0 radical (unpaired) electrons. The summed E-state index contributed by atoms with van der Waals surface area (Å²) in [6, 6.07) is 8.83. The van der Waals surface area contributed by atoms with E-state index in [0.717, 1.165) is 45.1 Å². The van der Waals surface area contributed by atoms with E-state index >= 15 is 0 Å². The summed E-state index contributed by atoms with van der Waals surface area (Å²) < 4.78 is 1.89. The molecule has 2 aliphatic rings. The second kappa shape index (κ2) is 10.8. The maximum atomic E-state index is 4.93.